The Kier molecular flexibility index (Phi) is 7.48. The molecule has 0 bridgehead atoms. The zero-order chi connectivity index (χ0) is 14.7. The lowest BCUT2D eigenvalue weighted by Crippen LogP contribution is -2.31. The third kappa shape index (κ3) is 4.67. The van der Waals surface area contributed by atoms with Crippen molar-refractivity contribution in [1.82, 2.24) is 20.2 Å². The van der Waals surface area contributed by atoms with Crippen molar-refractivity contribution >= 4 is 30.7 Å². The Labute approximate surface area is 146 Å². The molecule has 2 heterocycles. The Morgan fingerprint density at radius 3 is 2.87 bits per heavy atom. The number of imidazole rings is 1. The van der Waals surface area contributed by atoms with Crippen LogP contribution in [0.3, 0.4) is 0 Å². The third-order valence-electron chi connectivity index (χ3n) is 3.69. The minimum absolute atomic E-state index is 0. The molecule has 1 amide bonds. The number of aromatic nitrogens is 2. The van der Waals surface area contributed by atoms with Gasteiger partial charge in [-0.2, -0.15) is 0 Å². The van der Waals surface area contributed by atoms with Crippen LogP contribution in [0.4, 0.5) is 4.39 Å². The first kappa shape index (κ1) is 19.4. The van der Waals surface area contributed by atoms with E-state index < -0.39 is 0 Å². The quantitative estimate of drug-likeness (QED) is 0.877. The van der Waals surface area contributed by atoms with Gasteiger partial charge in [-0.1, -0.05) is 6.07 Å². The van der Waals surface area contributed by atoms with Gasteiger partial charge in [0.05, 0.1) is 17.9 Å². The molecule has 0 aliphatic carbocycles. The number of nitrogens with zero attached hydrogens (tertiary/aromatic N) is 2. The summed E-state index contributed by atoms with van der Waals surface area (Å²) in [6, 6.07) is 4.95. The fourth-order valence-electron chi connectivity index (χ4n) is 2.48. The lowest BCUT2D eigenvalue weighted by Gasteiger charge is -2.11. The first-order chi connectivity index (χ1) is 10.2. The molecule has 1 aliphatic rings. The fraction of sp³-hybridized carbons (Fsp3) is 0.333. The summed E-state index contributed by atoms with van der Waals surface area (Å²) >= 11 is 0. The molecule has 5 nitrogen and oxygen atoms in total. The molecule has 126 valence electrons. The van der Waals surface area contributed by atoms with Crippen LogP contribution < -0.4 is 10.6 Å². The van der Waals surface area contributed by atoms with Crippen LogP contribution in [0, 0.1) is 11.7 Å². The molecule has 1 atom stereocenters. The van der Waals surface area contributed by atoms with Gasteiger partial charge in [0.1, 0.15) is 5.82 Å². The van der Waals surface area contributed by atoms with E-state index >= 15 is 0 Å². The number of benzene rings is 1. The van der Waals surface area contributed by atoms with Gasteiger partial charge >= 0.3 is 0 Å². The molecule has 1 saturated heterocycles. The van der Waals surface area contributed by atoms with Crippen LogP contribution in [-0.4, -0.2) is 28.5 Å². The molecule has 1 aromatic heterocycles. The van der Waals surface area contributed by atoms with Gasteiger partial charge in [-0.3, -0.25) is 4.79 Å². The first-order valence-electron chi connectivity index (χ1n) is 6.99. The van der Waals surface area contributed by atoms with Crippen LogP contribution in [0.15, 0.2) is 36.9 Å². The fourth-order valence-corrected chi connectivity index (χ4v) is 2.48. The lowest BCUT2D eigenvalue weighted by atomic mass is 10.1. The Bertz CT molecular complexity index is 630. The van der Waals surface area contributed by atoms with Gasteiger partial charge in [-0.05, 0) is 30.7 Å². The maximum Gasteiger partial charge on any atom is 0.224 e. The number of hydrogen-bond acceptors (Lipinski definition) is 3. The molecule has 0 radical (unpaired) electrons. The van der Waals surface area contributed by atoms with E-state index in [2.05, 4.69) is 15.6 Å². The Hall–Kier alpha value is -1.63. The van der Waals surface area contributed by atoms with Crippen molar-refractivity contribution in [2.75, 3.05) is 13.1 Å². The van der Waals surface area contributed by atoms with E-state index in [0.717, 1.165) is 25.1 Å². The maximum absolute atomic E-state index is 14.1. The molecule has 1 fully saturated rings. The highest BCUT2D eigenvalue weighted by atomic mass is 35.5. The average Bonchev–Trinajstić information content (AvgIpc) is 3.17. The van der Waals surface area contributed by atoms with Crippen LogP contribution in [-0.2, 0) is 11.3 Å². The third-order valence-corrected chi connectivity index (χ3v) is 3.69. The topological polar surface area (TPSA) is 59.0 Å². The summed E-state index contributed by atoms with van der Waals surface area (Å²) in [4.78, 5) is 15.8. The average molecular weight is 361 g/mol. The number of halogens is 3. The van der Waals surface area contributed by atoms with Crippen molar-refractivity contribution in [3.8, 4) is 5.69 Å². The van der Waals surface area contributed by atoms with Gasteiger partial charge < -0.3 is 15.2 Å². The minimum Gasteiger partial charge on any atom is -0.352 e. The van der Waals surface area contributed by atoms with Gasteiger partial charge in [0.2, 0.25) is 5.91 Å². The summed E-state index contributed by atoms with van der Waals surface area (Å²) in [6.07, 6.45) is 5.70. The first-order valence-corrected chi connectivity index (χ1v) is 6.99. The summed E-state index contributed by atoms with van der Waals surface area (Å²) in [5, 5.41) is 6.01. The van der Waals surface area contributed by atoms with Crippen LogP contribution in [0.25, 0.3) is 5.69 Å². The van der Waals surface area contributed by atoms with Crippen LogP contribution in [0.1, 0.15) is 12.0 Å². The smallest absolute Gasteiger partial charge is 0.224 e. The summed E-state index contributed by atoms with van der Waals surface area (Å²) in [6.45, 7) is 1.95. The number of carbonyl (C=O) groups is 1. The summed E-state index contributed by atoms with van der Waals surface area (Å²) in [5.41, 5.74) is 1.19. The zero-order valence-electron chi connectivity index (χ0n) is 12.4. The largest absolute Gasteiger partial charge is 0.352 e. The second kappa shape index (κ2) is 8.86. The Morgan fingerprint density at radius 1 is 1.43 bits per heavy atom. The summed E-state index contributed by atoms with van der Waals surface area (Å²) in [5.74, 6) is -0.276. The van der Waals surface area contributed by atoms with Crippen LogP contribution in [0.5, 0.6) is 0 Å². The van der Waals surface area contributed by atoms with Crippen molar-refractivity contribution in [3.63, 3.8) is 0 Å². The second-order valence-corrected chi connectivity index (χ2v) is 5.16. The number of carbonyl (C=O) groups excluding carboxylic acids is 1. The van der Waals surface area contributed by atoms with E-state index in [1.807, 2.05) is 6.07 Å². The highest BCUT2D eigenvalue weighted by molar-refractivity contribution is 5.85. The highest BCUT2D eigenvalue weighted by Crippen LogP contribution is 2.15. The molecule has 1 aromatic carbocycles. The molecule has 23 heavy (non-hydrogen) atoms. The maximum atomic E-state index is 14.1. The Balaban J connectivity index is 0.00000132. The van der Waals surface area contributed by atoms with Gasteiger partial charge in [0, 0.05) is 25.5 Å². The number of rotatable bonds is 4. The number of hydrogen-bond donors (Lipinski definition) is 2. The molecular formula is C15H19Cl2FN4O. The SMILES string of the molecule is Cl.Cl.O=C(NCc1ccc(-n2ccnc2)c(F)c1)C1CCNC1. The predicted octanol–water partition coefficient (Wildman–Crippen LogP) is 2.08. The minimum atomic E-state index is -0.331. The summed E-state index contributed by atoms with van der Waals surface area (Å²) in [7, 11) is 0. The van der Waals surface area contributed by atoms with E-state index in [9.17, 15) is 9.18 Å². The monoisotopic (exact) mass is 360 g/mol. The molecule has 2 N–H and O–H groups in total. The molecule has 2 aromatic rings. The van der Waals surface area contributed by atoms with Crippen molar-refractivity contribution < 1.29 is 9.18 Å². The standard InChI is InChI=1S/C15H17FN4O.2ClH/c16-13-7-11(1-2-14(13)20-6-5-18-10-20)8-19-15(21)12-3-4-17-9-12;;/h1-2,5-7,10,12,17H,3-4,8-9H2,(H,19,21);2*1H. The Morgan fingerprint density at radius 2 is 2.26 bits per heavy atom. The van der Waals surface area contributed by atoms with E-state index in [0.29, 0.717) is 12.2 Å². The van der Waals surface area contributed by atoms with Crippen molar-refractivity contribution in [2.24, 2.45) is 5.92 Å². The molecule has 1 aliphatic heterocycles. The molecule has 0 spiro atoms. The van der Waals surface area contributed by atoms with Gasteiger partial charge in [0.25, 0.3) is 0 Å². The van der Waals surface area contributed by atoms with Crippen LogP contribution >= 0.6 is 24.8 Å². The van der Waals surface area contributed by atoms with E-state index in [1.165, 1.54) is 6.07 Å². The van der Waals surface area contributed by atoms with Gasteiger partial charge in [-0.25, -0.2) is 9.37 Å². The molecule has 8 heteroatoms. The highest BCUT2D eigenvalue weighted by Gasteiger charge is 2.21. The molecular weight excluding hydrogens is 342 g/mol. The molecule has 1 unspecified atom stereocenters. The van der Waals surface area contributed by atoms with E-state index in [1.54, 1.807) is 29.4 Å². The number of amides is 1. The predicted molar refractivity (Wildman–Crippen MR) is 90.8 cm³/mol. The van der Waals surface area contributed by atoms with E-state index in [-0.39, 0.29) is 42.5 Å². The molecule has 3 rings (SSSR count). The van der Waals surface area contributed by atoms with Crippen LogP contribution in [0.2, 0.25) is 0 Å². The van der Waals surface area contributed by atoms with Crippen molar-refractivity contribution in [2.45, 2.75) is 13.0 Å². The second-order valence-electron chi connectivity index (χ2n) is 5.16. The lowest BCUT2D eigenvalue weighted by molar-refractivity contribution is -0.124. The van der Waals surface area contributed by atoms with Crippen molar-refractivity contribution in [1.29, 1.82) is 0 Å². The van der Waals surface area contributed by atoms with Gasteiger partial charge in [-0.15, -0.1) is 24.8 Å². The van der Waals surface area contributed by atoms with E-state index in [4.69, 9.17) is 0 Å². The number of nitrogens with one attached hydrogen (secondary N) is 2. The summed E-state index contributed by atoms with van der Waals surface area (Å²) < 4.78 is 15.7. The normalized spacial score (nSPS) is 16.3. The molecule has 0 saturated carbocycles. The van der Waals surface area contributed by atoms with Crippen molar-refractivity contribution in [3.05, 3.63) is 48.3 Å². The zero-order valence-corrected chi connectivity index (χ0v) is 14.0. The van der Waals surface area contributed by atoms with Gasteiger partial charge in [0.15, 0.2) is 0 Å².